The van der Waals surface area contributed by atoms with Gasteiger partial charge in [-0.3, -0.25) is 0 Å². The minimum absolute atomic E-state index is 0.00750. The van der Waals surface area contributed by atoms with Crippen LogP contribution in [0, 0.1) is 11.6 Å². The molecular weight excluding hydrogens is 240 g/mol. The van der Waals surface area contributed by atoms with Gasteiger partial charge >= 0.3 is 0 Å². The first-order valence-corrected chi connectivity index (χ1v) is 6.42. The smallest absolute Gasteiger partial charge is 0.136 e. The third-order valence-electron chi connectivity index (χ3n) is 2.61. The largest absolute Gasteiger partial charge is 0.241 e. The van der Waals surface area contributed by atoms with E-state index in [0.717, 1.165) is 23.4 Å². The van der Waals surface area contributed by atoms with Gasteiger partial charge in [0.15, 0.2) is 0 Å². The van der Waals surface area contributed by atoms with Gasteiger partial charge in [0.05, 0.1) is 11.3 Å². The predicted octanol–water partition coefficient (Wildman–Crippen LogP) is 4.21. The number of halogens is 2. The molecule has 0 aliphatic rings. The topological polar surface area (TPSA) is 12.9 Å². The third kappa shape index (κ3) is 2.22. The van der Waals surface area contributed by atoms with Crippen LogP contribution in [0.2, 0.25) is 0 Å². The van der Waals surface area contributed by atoms with Gasteiger partial charge in [0.1, 0.15) is 16.6 Å². The second kappa shape index (κ2) is 4.92. The van der Waals surface area contributed by atoms with Gasteiger partial charge in [-0.15, -0.1) is 11.3 Å². The van der Waals surface area contributed by atoms with Crippen LogP contribution in [-0.4, -0.2) is 4.98 Å². The Hall–Kier alpha value is -1.29. The highest BCUT2D eigenvalue weighted by atomic mass is 32.1. The van der Waals surface area contributed by atoms with Crippen LogP contribution in [0.5, 0.6) is 0 Å². The lowest BCUT2D eigenvalue weighted by atomic mass is 10.2. The Kier molecular flexibility index (Phi) is 3.52. The molecule has 0 amide bonds. The highest BCUT2D eigenvalue weighted by molar-refractivity contribution is 7.15. The number of rotatable bonds is 3. The number of aryl methyl sites for hydroxylation is 2. The Morgan fingerprint density at radius 1 is 1.12 bits per heavy atom. The Morgan fingerprint density at radius 2 is 1.76 bits per heavy atom. The van der Waals surface area contributed by atoms with Crippen LogP contribution in [0.4, 0.5) is 8.78 Å². The first kappa shape index (κ1) is 12.2. The van der Waals surface area contributed by atoms with Crippen LogP contribution in [0.25, 0.3) is 10.6 Å². The highest BCUT2D eigenvalue weighted by Gasteiger charge is 2.16. The van der Waals surface area contributed by atoms with Crippen LogP contribution in [0.1, 0.15) is 24.4 Å². The lowest BCUT2D eigenvalue weighted by molar-refractivity contribution is 0.589. The molecule has 1 aromatic carbocycles. The van der Waals surface area contributed by atoms with Gasteiger partial charge in [-0.2, -0.15) is 0 Å². The van der Waals surface area contributed by atoms with Gasteiger partial charge in [-0.1, -0.05) is 19.9 Å². The van der Waals surface area contributed by atoms with Crippen molar-refractivity contribution in [1.82, 2.24) is 4.98 Å². The van der Waals surface area contributed by atoms with Crippen LogP contribution >= 0.6 is 11.3 Å². The van der Waals surface area contributed by atoms with Crippen molar-refractivity contribution in [2.24, 2.45) is 0 Å². The van der Waals surface area contributed by atoms with Crippen molar-refractivity contribution in [1.29, 1.82) is 0 Å². The summed E-state index contributed by atoms with van der Waals surface area (Å²) in [6.45, 7) is 4.02. The molecule has 0 saturated carbocycles. The zero-order valence-electron chi connectivity index (χ0n) is 9.76. The molecule has 17 heavy (non-hydrogen) atoms. The van der Waals surface area contributed by atoms with E-state index in [-0.39, 0.29) is 5.56 Å². The van der Waals surface area contributed by atoms with E-state index in [4.69, 9.17) is 0 Å². The number of aromatic nitrogens is 1. The van der Waals surface area contributed by atoms with E-state index < -0.39 is 11.6 Å². The van der Waals surface area contributed by atoms with Gasteiger partial charge in [0, 0.05) is 4.88 Å². The third-order valence-corrected chi connectivity index (χ3v) is 3.87. The lowest BCUT2D eigenvalue weighted by Gasteiger charge is -1.99. The van der Waals surface area contributed by atoms with Gasteiger partial charge in [0.25, 0.3) is 0 Å². The van der Waals surface area contributed by atoms with Crippen molar-refractivity contribution in [2.45, 2.75) is 26.7 Å². The van der Waals surface area contributed by atoms with E-state index in [0.29, 0.717) is 5.01 Å². The average Bonchev–Trinajstić information content (AvgIpc) is 2.72. The van der Waals surface area contributed by atoms with Crippen LogP contribution < -0.4 is 0 Å². The summed E-state index contributed by atoms with van der Waals surface area (Å²) in [7, 11) is 0. The van der Waals surface area contributed by atoms with Crippen LogP contribution in [0.15, 0.2) is 18.2 Å². The number of benzene rings is 1. The lowest BCUT2D eigenvalue weighted by Crippen LogP contribution is -1.90. The summed E-state index contributed by atoms with van der Waals surface area (Å²) in [4.78, 5) is 5.43. The quantitative estimate of drug-likeness (QED) is 0.798. The molecule has 4 heteroatoms. The van der Waals surface area contributed by atoms with Crippen molar-refractivity contribution in [3.63, 3.8) is 0 Å². The molecule has 0 aliphatic carbocycles. The number of thiazole rings is 1. The second-order valence-electron chi connectivity index (χ2n) is 3.69. The van der Waals surface area contributed by atoms with E-state index in [1.54, 1.807) is 0 Å². The van der Waals surface area contributed by atoms with E-state index >= 15 is 0 Å². The molecule has 2 rings (SSSR count). The van der Waals surface area contributed by atoms with Gasteiger partial charge in [-0.25, -0.2) is 13.8 Å². The molecule has 0 unspecified atom stereocenters. The summed E-state index contributed by atoms with van der Waals surface area (Å²) in [5, 5.41) is 0.439. The molecule has 0 radical (unpaired) electrons. The van der Waals surface area contributed by atoms with E-state index in [2.05, 4.69) is 4.98 Å². The second-order valence-corrected chi connectivity index (χ2v) is 4.78. The first-order chi connectivity index (χ1) is 8.17. The van der Waals surface area contributed by atoms with Gasteiger partial charge < -0.3 is 0 Å². The Balaban J connectivity index is 2.57. The Labute approximate surface area is 103 Å². The van der Waals surface area contributed by atoms with Crippen LogP contribution in [0.3, 0.4) is 0 Å². The minimum Gasteiger partial charge on any atom is -0.241 e. The maximum atomic E-state index is 13.6. The zero-order valence-corrected chi connectivity index (χ0v) is 10.6. The standard InChI is InChI=1S/C13H13F2NS/c1-3-10-11(4-2)17-13(16-10)12-8(14)6-5-7-9(12)15/h5-7H,3-4H2,1-2H3. The molecule has 0 atom stereocenters. The monoisotopic (exact) mass is 253 g/mol. The zero-order chi connectivity index (χ0) is 12.4. The normalized spacial score (nSPS) is 10.8. The number of hydrogen-bond acceptors (Lipinski definition) is 2. The Morgan fingerprint density at radius 3 is 2.24 bits per heavy atom. The molecular formula is C13H13F2NS. The molecule has 0 saturated heterocycles. The van der Waals surface area contributed by atoms with Gasteiger partial charge in [-0.05, 0) is 25.0 Å². The molecule has 1 nitrogen and oxygen atoms in total. The average molecular weight is 253 g/mol. The fourth-order valence-corrected chi connectivity index (χ4v) is 2.88. The molecule has 0 bridgehead atoms. The molecule has 2 aromatic rings. The first-order valence-electron chi connectivity index (χ1n) is 5.60. The molecule has 0 fully saturated rings. The molecule has 1 heterocycles. The number of nitrogens with zero attached hydrogens (tertiary/aromatic N) is 1. The molecule has 0 aliphatic heterocycles. The minimum atomic E-state index is -0.552. The SMILES string of the molecule is CCc1nc(-c2c(F)cccc2F)sc1CC. The fraction of sp³-hybridized carbons (Fsp3) is 0.308. The predicted molar refractivity (Wildman–Crippen MR) is 66.2 cm³/mol. The Bertz CT molecular complexity index is 492. The van der Waals surface area contributed by atoms with Crippen LogP contribution in [-0.2, 0) is 12.8 Å². The maximum Gasteiger partial charge on any atom is 0.136 e. The molecule has 0 N–H and O–H groups in total. The summed E-state index contributed by atoms with van der Waals surface area (Å²) in [6, 6.07) is 3.89. The van der Waals surface area contributed by atoms with Crippen molar-refractivity contribution < 1.29 is 8.78 Å². The molecule has 0 spiro atoms. The highest BCUT2D eigenvalue weighted by Crippen LogP contribution is 2.32. The van der Waals surface area contributed by atoms with E-state index in [1.807, 2.05) is 13.8 Å². The summed E-state index contributed by atoms with van der Waals surface area (Å²) in [5.41, 5.74) is 0.932. The molecule has 90 valence electrons. The van der Waals surface area contributed by atoms with Crippen molar-refractivity contribution >= 4 is 11.3 Å². The summed E-state index contributed by atoms with van der Waals surface area (Å²) in [6.07, 6.45) is 1.63. The summed E-state index contributed by atoms with van der Waals surface area (Å²) < 4.78 is 27.2. The summed E-state index contributed by atoms with van der Waals surface area (Å²) in [5.74, 6) is -1.10. The van der Waals surface area contributed by atoms with Crippen molar-refractivity contribution in [2.75, 3.05) is 0 Å². The van der Waals surface area contributed by atoms with E-state index in [1.165, 1.54) is 29.5 Å². The van der Waals surface area contributed by atoms with Crippen molar-refractivity contribution in [3.05, 3.63) is 40.4 Å². The maximum absolute atomic E-state index is 13.6. The number of hydrogen-bond donors (Lipinski definition) is 0. The van der Waals surface area contributed by atoms with E-state index in [9.17, 15) is 8.78 Å². The molecule has 1 aromatic heterocycles. The van der Waals surface area contributed by atoms with Gasteiger partial charge in [0.2, 0.25) is 0 Å². The summed E-state index contributed by atoms with van der Waals surface area (Å²) >= 11 is 1.37. The van der Waals surface area contributed by atoms with Crippen molar-refractivity contribution in [3.8, 4) is 10.6 Å². The fourth-order valence-electron chi connectivity index (χ4n) is 1.74.